The van der Waals surface area contributed by atoms with Crippen molar-refractivity contribution in [2.45, 2.75) is 19.6 Å². The van der Waals surface area contributed by atoms with Crippen LogP contribution in [0.5, 0.6) is 23.0 Å². The van der Waals surface area contributed by atoms with Crippen LogP contribution in [0, 0.1) is 0 Å². The van der Waals surface area contributed by atoms with Gasteiger partial charge in [-0.3, -0.25) is 9.59 Å². The molecule has 4 aromatic rings. The van der Waals surface area contributed by atoms with E-state index in [0.29, 0.717) is 17.2 Å². The second kappa shape index (κ2) is 14.1. The summed E-state index contributed by atoms with van der Waals surface area (Å²) in [5, 5.41) is 5.29. The lowest BCUT2D eigenvalue weighted by molar-refractivity contribution is -0.116. The van der Waals surface area contributed by atoms with Crippen molar-refractivity contribution in [1.82, 2.24) is 20.3 Å². The van der Waals surface area contributed by atoms with E-state index in [1.165, 1.54) is 24.8 Å². The smallest absolute Gasteiger partial charge is 0.270 e. The minimum Gasteiger partial charge on any atom is -0.497 e. The third-order valence-electron chi connectivity index (χ3n) is 5.83. The van der Waals surface area contributed by atoms with Gasteiger partial charge in [0.05, 0.1) is 26.6 Å². The summed E-state index contributed by atoms with van der Waals surface area (Å²) in [7, 11) is 3.20. The summed E-state index contributed by atoms with van der Waals surface area (Å²) in [6, 6.07) is 16.4. The van der Waals surface area contributed by atoms with Crippen molar-refractivity contribution in [3.63, 3.8) is 0 Å². The van der Waals surface area contributed by atoms with E-state index >= 15 is 0 Å². The predicted molar refractivity (Wildman–Crippen MR) is 151 cm³/mol. The molecular weight excluding hydrogens is 528 g/mol. The number of carbonyl (C=O) groups excluding carboxylic acids is 2. The molecule has 0 spiro atoms. The maximum atomic E-state index is 12.8. The van der Waals surface area contributed by atoms with Crippen molar-refractivity contribution in [2.75, 3.05) is 31.8 Å². The number of rotatable bonds is 13. The van der Waals surface area contributed by atoms with Crippen molar-refractivity contribution in [1.29, 1.82) is 0 Å². The van der Waals surface area contributed by atoms with Crippen LogP contribution in [0.1, 0.15) is 28.0 Å². The predicted octanol–water partition coefficient (Wildman–Crippen LogP) is 3.39. The standard InChI is InChI=1S/C29H30N6O6/c1-38-21-7-3-19(4-8-21)16-40-25-13-23(33-15-26(25)41-17-20-5-9-22(39-2)10-6-20)29(37)32-12-11-27(36)35-24-14-31-18-34-28(24)30/h3-10,13-15,18H,11-12,16-17H2,1-2H3,(H,32,37)(H,35,36)(H2,30,31,34). The molecule has 0 saturated carbocycles. The molecule has 4 rings (SSSR count). The fourth-order valence-corrected chi connectivity index (χ4v) is 3.56. The molecule has 0 saturated heterocycles. The fourth-order valence-electron chi connectivity index (χ4n) is 3.56. The Kier molecular flexibility index (Phi) is 9.86. The highest BCUT2D eigenvalue weighted by Gasteiger charge is 2.15. The van der Waals surface area contributed by atoms with Crippen LogP contribution in [0.25, 0.3) is 0 Å². The molecule has 2 amide bonds. The minimum atomic E-state index is -0.476. The molecule has 0 aliphatic carbocycles. The van der Waals surface area contributed by atoms with Gasteiger partial charge in [0.2, 0.25) is 5.91 Å². The highest BCUT2D eigenvalue weighted by Crippen LogP contribution is 2.29. The van der Waals surface area contributed by atoms with E-state index in [1.807, 2.05) is 48.5 Å². The van der Waals surface area contributed by atoms with Crippen molar-refractivity contribution in [2.24, 2.45) is 0 Å². The van der Waals surface area contributed by atoms with Gasteiger partial charge in [-0.05, 0) is 35.4 Å². The first-order valence-electron chi connectivity index (χ1n) is 12.6. The van der Waals surface area contributed by atoms with Crippen molar-refractivity contribution >= 4 is 23.3 Å². The number of methoxy groups -OCH3 is 2. The monoisotopic (exact) mass is 558 g/mol. The van der Waals surface area contributed by atoms with Gasteiger partial charge in [0.15, 0.2) is 17.3 Å². The van der Waals surface area contributed by atoms with Gasteiger partial charge in [-0.15, -0.1) is 0 Å². The van der Waals surface area contributed by atoms with Crippen LogP contribution >= 0.6 is 0 Å². The van der Waals surface area contributed by atoms with E-state index in [9.17, 15) is 9.59 Å². The van der Waals surface area contributed by atoms with Crippen LogP contribution < -0.4 is 35.3 Å². The maximum absolute atomic E-state index is 12.8. The van der Waals surface area contributed by atoms with Gasteiger partial charge >= 0.3 is 0 Å². The number of amides is 2. The molecule has 2 aromatic carbocycles. The zero-order chi connectivity index (χ0) is 29.0. The van der Waals surface area contributed by atoms with Crippen LogP contribution in [-0.4, -0.2) is 47.5 Å². The van der Waals surface area contributed by atoms with Gasteiger partial charge in [-0.1, -0.05) is 24.3 Å². The fraction of sp³-hybridized carbons (Fsp3) is 0.207. The second-order valence-corrected chi connectivity index (χ2v) is 8.67. The summed E-state index contributed by atoms with van der Waals surface area (Å²) in [5.74, 6) is 1.50. The molecule has 12 nitrogen and oxygen atoms in total. The highest BCUT2D eigenvalue weighted by molar-refractivity contribution is 5.95. The molecule has 0 aliphatic heterocycles. The van der Waals surface area contributed by atoms with Gasteiger partial charge in [-0.25, -0.2) is 15.0 Å². The number of ether oxygens (including phenoxy) is 4. The SMILES string of the molecule is COc1ccc(COc2cnc(C(=O)NCCC(=O)Nc3cncnc3N)cc2OCc2ccc(OC)cc2)cc1. The van der Waals surface area contributed by atoms with Gasteiger partial charge in [0, 0.05) is 19.0 Å². The Labute approximate surface area is 236 Å². The summed E-state index contributed by atoms with van der Waals surface area (Å²) >= 11 is 0. The molecule has 0 atom stereocenters. The maximum Gasteiger partial charge on any atom is 0.270 e. The Hall–Kier alpha value is -5.39. The molecule has 4 N–H and O–H groups in total. The van der Waals surface area contributed by atoms with Gasteiger partial charge in [0.1, 0.15) is 42.4 Å². The van der Waals surface area contributed by atoms with Crippen LogP contribution in [0.3, 0.4) is 0 Å². The number of nitrogens with two attached hydrogens (primary N) is 1. The van der Waals surface area contributed by atoms with E-state index in [4.69, 9.17) is 24.7 Å². The minimum absolute atomic E-state index is 0.00393. The molecule has 0 bridgehead atoms. The summed E-state index contributed by atoms with van der Waals surface area (Å²) in [6.45, 7) is 0.542. The molecule has 2 heterocycles. The third kappa shape index (κ3) is 8.30. The number of carbonyl (C=O) groups is 2. The van der Waals surface area contributed by atoms with Crippen LogP contribution in [-0.2, 0) is 18.0 Å². The largest absolute Gasteiger partial charge is 0.497 e. The number of nitrogen functional groups attached to an aromatic ring is 1. The molecule has 2 aromatic heterocycles. The lowest BCUT2D eigenvalue weighted by Gasteiger charge is -2.14. The zero-order valence-electron chi connectivity index (χ0n) is 22.6. The number of aromatic nitrogens is 3. The van der Waals surface area contributed by atoms with Crippen LogP contribution in [0.2, 0.25) is 0 Å². The number of benzene rings is 2. The number of hydrogen-bond donors (Lipinski definition) is 3. The van der Waals surface area contributed by atoms with E-state index in [0.717, 1.165) is 22.6 Å². The first kappa shape index (κ1) is 28.6. The summed E-state index contributed by atoms with van der Waals surface area (Å²) in [5.41, 5.74) is 7.92. The lowest BCUT2D eigenvalue weighted by atomic mass is 10.2. The number of hydrogen-bond acceptors (Lipinski definition) is 10. The van der Waals surface area contributed by atoms with Crippen molar-refractivity contribution in [3.05, 3.63) is 90.1 Å². The summed E-state index contributed by atoms with van der Waals surface area (Å²) in [6.07, 6.45) is 4.12. The van der Waals surface area contributed by atoms with E-state index in [2.05, 4.69) is 25.6 Å². The molecule has 12 heteroatoms. The zero-order valence-corrected chi connectivity index (χ0v) is 22.6. The quantitative estimate of drug-likeness (QED) is 0.222. The molecule has 0 unspecified atom stereocenters. The Morgan fingerprint density at radius 1 is 0.829 bits per heavy atom. The first-order valence-corrected chi connectivity index (χ1v) is 12.6. The molecular formula is C29H30N6O6. The summed E-state index contributed by atoms with van der Waals surface area (Å²) in [4.78, 5) is 36.9. The van der Waals surface area contributed by atoms with E-state index in [1.54, 1.807) is 14.2 Å². The number of nitrogens with one attached hydrogen (secondary N) is 2. The molecule has 0 radical (unpaired) electrons. The number of nitrogens with zero attached hydrogens (tertiary/aromatic N) is 3. The molecule has 0 fully saturated rings. The number of anilines is 2. The molecule has 212 valence electrons. The van der Waals surface area contributed by atoms with E-state index < -0.39 is 5.91 Å². The lowest BCUT2D eigenvalue weighted by Crippen LogP contribution is -2.28. The second-order valence-electron chi connectivity index (χ2n) is 8.67. The van der Waals surface area contributed by atoms with Crippen LogP contribution in [0.15, 0.2) is 73.3 Å². The van der Waals surface area contributed by atoms with Gasteiger partial charge < -0.3 is 35.3 Å². The first-order chi connectivity index (χ1) is 19.9. The summed E-state index contributed by atoms with van der Waals surface area (Å²) < 4.78 is 22.4. The number of pyridine rings is 1. The van der Waals surface area contributed by atoms with Crippen molar-refractivity contribution in [3.8, 4) is 23.0 Å². The van der Waals surface area contributed by atoms with E-state index in [-0.39, 0.29) is 43.6 Å². The Balaban J connectivity index is 1.40. The molecule has 41 heavy (non-hydrogen) atoms. The van der Waals surface area contributed by atoms with Crippen molar-refractivity contribution < 1.29 is 28.5 Å². The Morgan fingerprint density at radius 3 is 2.02 bits per heavy atom. The highest BCUT2D eigenvalue weighted by atomic mass is 16.5. The topological polar surface area (TPSA) is 160 Å². The van der Waals surface area contributed by atoms with Crippen LogP contribution in [0.4, 0.5) is 11.5 Å². The normalized spacial score (nSPS) is 10.4. The van der Waals surface area contributed by atoms with Gasteiger partial charge in [0.25, 0.3) is 5.91 Å². The molecule has 0 aliphatic rings. The Bertz CT molecular complexity index is 1460. The van der Waals surface area contributed by atoms with Gasteiger partial charge in [-0.2, -0.15) is 0 Å². The average molecular weight is 559 g/mol. The Morgan fingerprint density at radius 2 is 1.44 bits per heavy atom. The third-order valence-corrected chi connectivity index (χ3v) is 5.83. The average Bonchev–Trinajstić information content (AvgIpc) is 3.00.